The van der Waals surface area contributed by atoms with Crippen molar-refractivity contribution in [3.63, 3.8) is 0 Å². The highest BCUT2D eigenvalue weighted by Crippen LogP contribution is 2.26. The minimum Gasteiger partial charge on any atom is -0.358 e. The lowest BCUT2D eigenvalue weighted by Crippen LogP contribution is -2.36. The van der Waals surface area contributed by atoms with Gasteiger partial charge in [-0.3, -0.25) is 0 Å². The fourth-order valence-electron chi connectivity index (χ4n) is 2.15. The van der Waals surface area contributed by atoms with Gasteiger partial charge < -0.3 is 14.7 Å². The van der Waals surface area contributed by atoms with Gasteiger partial charge in [0, 0.05) is 0 Å². The highest BCUT2D eigenvalue weighted by atomic mass is 32.3. The van der Waals surface area contributed by atoms with Gasteiger partial charge in [-0.2, -0.15) is 3.71 Å². The molecule has 24 heavy (non-hydrogen) atoms. The molecule has 2 aromatic rings. The second-order valence-corrected chi connectivity index (χ2v) is 8.91. The van der Waals surface area contributed by atoms with Crippen molar-refractivity contribution in [1.29, 1.82) is 0 Å². The Morgan fingerprint density at radius 2 is 1.75 bits per heavy atom. The molecule has 10 nitrogen and oxygen atoms in total. The maximum atomic E-state index is 11.9. The molecule has 0 aliphatic rings. The van der Waals surface area contributed by atoms with Crippen LogP contribution in [0.15, 0.2) is 36.8 Å². The van der Waals surface area contributed by atoms with Crippen LogP contribution < -0.4 is 3.71 Å². The molecule has 0 aliphatic carbocycles. The van der Waals surface area contributed by atoms with Crippen LogP contribution in [0.2, 0.25) is 0 Å². The monoisotopic (exact) mass is 374 g/mol. The van der Waals surface area contributed by atoms with Gasteiger partial charge in [0.2, 0.25) is 26.4 Å². The Labute approximate surface area is 138 Å². The number of para-hydroxylation sites is 1. The summed E-state index contributed by atoms with van der Waals surface area (Å²) in [7, 11) is -8.17. The molecule has 2 rings (SSSR count). The highest BCUT2D eigenvalue weighted by molar-refractivity contribution is 8.09. The van der Waals surface area contributed by atoms with E-state index in [1.807, 2.05) is 0 Å². The average molecular weight is 374 g/mol. The third-order valence-electron chi connectivity index (χ3n) is 2.95. The standard InChI is InChI=1S/C12H14N4O6S2/c1-23(19,20)16(24(2,21)22)11-6-4-3-5-10(11)7-14-8-12(13-9-14)15(17)18/h3-6,8-9H,7H2,1-2H3. The summed E-state index contributed by atoms with van der Waals surface area (Å²) in [6.45, 7) is 0.0125. The molecule has 1 aromatic carbocycles. The smallest absolute Gasteiger partial charge is 0.358 e. The Balaban J connectivity index is 2.52. The molecule has 130 valence electrons. The van der Waals surface area contributed by atoms with Crippen molar-refractivity contribution in [3.8, 4) is 0 Å². The minimum atomic E-state index is -4.09. The summed E-state index contributed by atoms with van der Waals surface area (Å²) >= 11 is 0. The SMILES string of the molecule is CS(=O)(=O)N(c1ccccc1Cn1cnc([N+](=O)[O-])c1)S(C)(=O)=O. The first-order valence-corrected chi connectivity index (χ1v) is 10.1. The number of nitrogens with zero attached hydrogens (tertiary/aromatic N) is 4. The van der Waals surface area contributed by atoms with E-state index in [1.165, 1.54) is 35.3 Å². The Hall–Kier alpha value is -2.47. The zero-order valence-corrected chi connectivity index (χ0v) is 14.4. The second-order valence-electron chi connectivity index (χ2n) is 5.01. The lowest BCUT2D eigenvalue weighted by Gasteiger charge is -2.22. The fraction of sp³-hybridized carbons (Fsp3) is 0.250. The number of aromatic nitrogens is 2. The van der Waals surface area contributed by atoms with Gasteiger partial charge in [0.25, 0.3) is 0 Å². The van der Waals surface area contributed by atoms with E-state index >= 15 is 0 Å². The van der Waals surface area contributed by atoms with Gasteiger partial charge in [-0.15, -0.1) is 0 Å². The molecule has 12 heteroatoms. The molecule has 1 aromatic heterocycles. The van der Waals surface area contributed by atoms with Crippen molar-refractivity contribution in [2.45, 2.75) is 6.54 Å². The maximum Gasteiger partial charge on any atom is 0.381 e. The molecule has 0 radical (unpaired) electrons. The molecule has 0 spiro atoms. The van der Waals surface area contributed by atoms with E-state index in [2.05, 4.69) is 4.98 Å². The van der Waals surface area contributed by atoms with Crippen LogP contribution in [0.25, 0.3) is 0 Å². The van der Waals surface area contributed by atoms with Gasteiger partial charge in [0.05, 0.1) is 24.7 Å². The van der Waals surface area contributed by atoms with Gasteiger partial charge in [0.1, 0.15) is 6.20 Å². The first-order chi connectivity index (χ1) is 11.0. The quantitative estimate of drug-likeness (QED) is 0.533. The van der Waals surface area contributed by atoms with Crippen molar-refractivity contribution < 1.29 is 21.8 Å². The number of nitro groups is 1. The number of hydrogen-bond acceptors (Lipinski definition) is 7. The summed E-state index contributed by atoms with van der Waals surface area (Å²) in [4.78, 5) is 13.6. The van der Waals surface area contributed by atoms with E-state index in [0.717, 1.165) is 12.5 Å². The Bertz CT molecular complexity index is 948. The topological polar surface area (TPSA) is 132 Å². The summed E-state index contributed by atoms with van der Waals surface area (Å²) in [6.07, 6.45) is 3.95. The average Bonchev–Trinajstić information content (AvgIpc) is 2.86. The third-order valence-corrected chi connectivity index (χ3v) is 6.17. The number of sulfonamides is 2. The van der Waals surface area contributed by atoms with E-state index in [-0.39, 0.29) is 18.1 Å². The molecule has 0 saturated heterocycles. The summed E-state index contributed by atoms with van der Waals surface area (Å²) in [6, 6.07) is 5.98. The molecular formula is C12H14N4O6S2. The zero-order chi connectivity index (χ0) is 18.1. The Morgan fingerprint density at radius 3 is 2.25 bits per heavy atom. The number of rotatable bonds is 6. The lowest BCUT2D eigenvalue weighted by atomic mass is 10.2. The number of benzene rings is 1. The van der Waals surface area contributed by atoms with E-state index in [1.54, 1.807) is 6.07 Å². The third kappa shape index (κ3) is 3.89. The summed E-state index contributed by atoms with van der Waals surface area (Å²) in [5.74, 6) is -0.365. The van der Waals surface area contributed by atoms with Crippen LogP contribution in [0.3, 0.4) is 0 Å². The molecule has 0 aliphatic heterocycles. The van der Waals surface area contributed by atoms with Gasteiger partial charge in [-0.05, 0) is 21.5 Å². The van der Waals surface area contributed by atoms with Gasteiger partial charge in [-0.25, -0.2) is 16.8 Å². The minimum absolute atomic E-state index is 0.0125. The molecule has 0 unspecified atom stereocenters. The summed E-state index contributed by atoms with van der Waals surface area (Å²) in [5, 5.41) is 10.7. The van der Waals surface area contributed by atoms with Crippen LogP contribution in [-0.2, 0) is 26.6 Å². The van der Waals surface area contributed by atoms with Crippen LogP contribution in [0.1, 0.15) is 5.56 Å². The molecule has 0 bridgehead atoms. The van der Waals surface area contributed by atoms with Crippen molar-refractivity contribution in [1.82, 2.24) is 9.55 Å². The number of anilines is 1. The molecule has 0 fully saturated rings. The largest absolute Gasteiger partial charge is 0.381 e. The predicted octanol–water partition coefficient (Wildman–Crippen LogP) is 0.565. The normalized spacial score (nSPS) is 12.1. The first-order valence-electron chi connectivity index (χ1n) is 6.44. The van der Waals surface area contributed by atoms with Crippen molar-refractivity contribution in [2.75, 3.05) is 16.2 Å². The molecule has 0 saturated carbocycles. The molecule has 1 heterocycles. The van der Waals surface area contributed by atoms with E-state index < -0.39 is 25.0 Å². The van der Waals surface area contributed by atoms with Crippen molar-refractivity contribution >= 4 is 31.6 Å². The lowest BCUT2D eigenvalue weighted by molar-refractivity contribution is -0.389. The summed E-state index contributed by atoms with van der Waals surface area (Å²) in [5.41, 5.74) is 0.305. The summed E-state index contributed by atoms with van der Waals surface area (Å²) < 4.78 is 49.4. The Morgan fingerprint density at radius 1 is 1.17 bits per heavy atom. The maximum absolute atomic E-state index is 11.9. The first kappa shape index (κ1) is 17.9. The second kappa shape index (κ2) is 6.20. The number of hydrogen-bond donors (Lipinski definition) is 0. The highest BCUT2D eigenvalue weighted by Gasteiger charge is 2.29. The predicted molar refractivity (Wildman–Crippen MR) is 86.6 cm³/mol. The number of imidazole rings is 1. The van der Waals surface area contributed by atoms with Crippen LogP contribution >= 0.6 is 0 Å². The Kier molecular flexibility index (Phi) is 4.62. The van der Waals surface area contributed by atoms with E-state index in [4.69, 9.17) is 0 Å². The van der Waals surface area contributed by atoms with Crippen LogP contribution in [0.5, 0.6) is 0 Å². The molecule has 0 amide bonds. The molecule has 0 N–H and O–H groups in total. The van der Waals surface area contributed by atoms with Crippen molar-refractivity contribution in [3.05, 3.63) is 52.5 Å². The van der Waals surface area contributed by atoms with Gasteiger partial charge in [0.15, 0.2) is 0 Å². The molecular weight excluding hydrogens is 360 g/mol. The van der Waals surface area contributed by atoms with E-state index in [9.17, 15) is 26.9 Å². The van der Waals surface area contributed by atoms with Gasteiger partial charge in [-0.1, -0.05) is 18.2 Å². The van der Waals surface area contributed by atoms with Crippen LogP contribution in [-0.4, -0.2) is 43.8 Å². The van der Waals surface area contributed by atoms with Crippen LogP contribution in [0.4, 0.5) is 11.5 Å². The van der Waals surface area contributed by atoms with Crippen molar-refractivity contribution in [2.24, 2.45) is 0 Å². The fourth-order valence-corrected chi connectivity index (χ4v) is 5.19. The van der Waals surface area contributed by atoms with Gasteiger partial charge >= 0.3 is 5.82 Å². The van der Waals surface area contributed by atoms with E-state index in [0.29, 0.717) is 9.27 Å². The molecule has 0 atom stereocenters. The zero-order valence-electron chi connectivity index (χ0n) is 12.7. The van der Waals surface area contributed by atoms with Crippen LogP contribution in [0, 0.1) is 10.1 Å².